The molecule has 1 saturated carbocycles. The highest BCUT2D eigenvalue weighted by molar-refractivity contribution is 7.92. The van der Waals surface area contributed by atoms with E-state index in [0.717, 1.165) is 30.5 Å². The zero-order valence-electron chi connectivity index (χ0n) is 13.9. The fraction of sp³-hybridized carbons (Fsp3) is 0.471. The fourth-order valence-electron chi connectivity index (χ4n) is 3.21. The summed E-state index contributed by atoms with van der Waals surface area (Å²) in [6, 6.07) is 9.12. The lowest BCUT2D eigenvalue weighted by Gasteiger charge is -2.26. The van der Waals surface area contributed by atoms with E-state index in [1.807, 2.05) is 0 Å². The van der Waals surface area contributed by atoms with Crippen LogP contribution in [0.5, 0.6) is 0 Å². The minimum atomic E-state index is -3.89. The monoisotopic (exact) mass is 369 g/mol. The summed E-state index contributed by atoms with van der Waals surface area (Å²) in [5.74, 6) is 0.623. The van der Waals surface area contributed by atoms with Gasteiger partial charge in [0.2, 0.25) is 0 Å². The van der Waals surface area contributed by atoms with E-state index in [9.17, 15) is 17.2 Å². The van der Waals surface area contributed by atoms with Crippen LogP contribution in [-0.4, -0.2) is 18.3 Å². The van der Waals surface area contributed by atoms with Gasteiger partial charge in [0.1, 0.15) is 5.69 Å². The van der Waals surface area contributed by atoms with Crippen molar-refractivity contribution in [1.82, 2.24) is 9.89 Å². The average molecular weight is 369 g/mol. The molecule has 1 aliphatic carbocycles. The summed E-state index contributed by atoms with van der Waals surface area (Å²) in [6.07, 6.45) is 0.908. The van der Waals surface area contributed by atoms with Gasteiger partial charge in [-0.15, -0.1) is 0 Å². The molecule has 0 amide bonds. The van der Waals surface area contributed by atoms with E-state index in [-0.39, 0.29) is 10.8 Å². The van der Waals surface area contributed by atoms with Crippen molar-refractivity contribution < 1.29 is 17.2 Å². The molecule has 1 aliphatic rings. The Kier molecular flexibility index (Phi) is 5.08. The molecule has 1 heterocycles. The number of hydrogen-bond donors (Lipinski definition) is 1. The molecule has 5 nitrogen and oxygen atoms in total. The lowest BCUT2D eigenvalue weighted by Crippen LogP contribution is -2.27. The van der Waals surface area contributed by atoms with E-state index >= 15 is 0 Å². The number of halogens is 2. The molecule has 0 spiro atoms. The van der Waals surface area contributed by atoms with Crippen molar-refractivity contribution >= 4 is 10.0 Å². The highest BCUT2D eigenvalue weighted by Gasteiger charge is 2.27. The van der Waals surface area contributed by atoms with Crippen LogP contribution < -0.4 is 4.83 Å². The standard InChI is InChI=1S/C17H21F2N3O2S/c1-12-7-9-13(10-8-12)16-11-15(17(18)19)20-22(16)21-25(23,24)14-5-3-2-4-6-14/h2-6,11-13,17,21H,7-10H2,1H3. The van der Waals surface area contributed by atoms with Gasteiger partial charge < -0.3 is 0 Å². The maximum Gasteiger partial charge on any atom is 0.282 e. The van der Waals surface area contributed by atoms with Crippen LogP contribution in [-0.2, 0) is 10.0 Å². The van der Waals surface area contributed by atoms with Crippen LogP contribution in [0.15, 0.2) is 41.3 Å². The number of nitrogens with zero attached hydrogens (tertiary/aromatic N) is 2. The van der Waals surface area contributed by atoms with Crippen molar-refractivity contribution in [1.29, 1.82) is 0 Å². The van der Waals surface area contributed by atoms with Gasteiger partial charge in [0.25, 0.3) is 16.4 Å². The topological polar surface area (TPSA) is 64.0 Å². The van der Waals surface area contributed by atoms with Crippen molar-refractivity contribution in [2.75, 3.05) is 4.83 Å². The Morgan fingerprint density at radius 3 is 2.40 bits per heavy atom. The summed E-state index contributed by atoms with van der Waals surface area (Å²) < 4.78 is 51.2. The third-order valence-electron chi connectivity index (χ3n) is 4.67. The third-order valence-corrected chi connectivity index (χ3v) is 5.98. The molecule has 1 aromatic heterocycles. The van der Waals surface area contributed by atoms with Gasteiger partial charge in [-0.1, -0.05) is 38.0 Å². The lowest BCUT2D eigenvalue weighted by molar-refractivity contribution is 0.145. The minimum absolute atomic E-state index is 0.0228. The van der Waals surface area contributed by atoms with Crippen LogP contribution in [0.4, 0.5) is 8.78 Å². The Balaban J connectivity index is 1.92. The van der Waals surface area contributed by atoms with Gasteiger partial charge in [-0.05, 0) is 37.0 Å². The smallest absolute Gasteiger partial charge is 0.203 e. The molecule has 25 heavy (non-hydrogen) atoms. The van der Waals surface area contributed by atoms with Crippen LogP contribution in [0.3, 0.4) is 0 Å². The van der Waals surface area contributed by atoms with Crippen LogP contribution in [0.25, 0.3) is 0 Å². The van der Waals surface area contributed by atoms with Gasteiger partial charge in [0.05, 0.1) is 10.6 Å². The van der Waals surface area contributed by atoms with Crippen LogP contribution >= 0.6 is 0 Å². The van der Waals surface area contributed by atoms with Crippen molar-refractivity contribution in [2.45, 2.75) is 49.8 Å². The number of alkyl halides is 2. The molecule has 1 N–H and O–H groups in total. The Bertz CT molecular complexity index is 814. The largest absolute Gasteiger partial charge is 0.282 e. The first-order valence-corrected chi connectivity index (χ1v) is 9.81. The van der Waals surface area contributed by atoms with Gasteiger partial charge in [-0.2, -0.15) is 23.1 Å². The van der Waals surface area contributed by atoms with Gasteiger partial charge >= 0.3 is 0 Å². The van der Waals surface area contributed by atoms with Crippen molar-refractivity contribution in [3.8, 4) is 0 Å². The first kappa shape index (κ1) is 17.8. The number of aromatic nitrogens is 2. The maximum absolute atomic E-state index is 13.1. The zero-order chi connectivity index (χ0) is 18.0. The molecule has 2 aromatic rings. The quantitative estimate of drug-likeness (QED) is 0.865. The molecule has 0 bridgehead atoms. The van der Waals surface area contributed by atoms with Crippen LogP contribution in [0, 0.1) is 5.92 Å². The van der Waals surface area contributed by atoms with E-state index in [1.165, 1.54) is 18.2 Å². The summed E-state index contributed by atoms with van der Waals surface area (Å²) in [4.78, 5) is 3.41. The molecule has 0 unspecified atom stereocenters. The van der Waals surface area contributed by atoms with Gasteiger partial charge in [0.15, 0.2) is 0 Å². The second-order valence-corrected chi connectivity index (χ2v) is 8.23. The summed E-state index contributed by atoms with van der Waals surface area (Å²) in [5.41, 5.74) is 0.0890. The Hall–Kier alpha value is -1.96. The summed E-state index contributed by atoms with van der Waals surface area (Å²) in [7, 11) is -3.89. The predicted octanol–water partition coefficient (Wildman–Crippen LogP) is 4.05. The van der Waals surface area contributed by atoms with E-state index in [2.05, 4.69) is 16.9 Å². The predicted molar refractivity (Wildman–Crippen MR) is 90.5 cm³/mol. The number of nitrogens with one attached hydrogen (secondary N) is 1. The van der Waals surface area contributed by atoms with E-state index < -0.39 is 22.1 Å². The van der Waals surface area contributed by atoms with Crippen molar-refractivity contribution in [2.24, 2.45) is 5.92 Å². The molecular weight excluding hydrogens is 348 g/mol. The average Bonchev–Trinajstić information content (AvgIpc) is 3.00. The number of rotatable bonds is 5. The Labute approximate surface area is 146 Å². The molecule has 1 fully saturated rings. The van der Waals surface area contributed by atoms with Gasteiger partial charge in [-0.3, -0.25) is 0 Å². The number of hydrogen-bond acceptors (Lipinski definition) is 3. The molecular formula is C17H21F2N3O2S. The first-order valence-electron chi connectivity index (χ1n) is 8.32. The second kappa shape index (κ2) is 7.11. The van der Waals surface area contributed by atoms with Gasteiger partial charge in [-0.25, -0.2) is 8.78 Å². The normalized spacial score (nSPS) is 21.4. The SMILES string of the molecule is CC1CCC(c2cc(C(F)F)nn2NS(=O)(=O)c2ccccc2)CC1. The second-order valence-electron chi connectivity index (χ2n) is 6.57. The summed E-state index contributed by atoms with van der Waals surface area (Å²) >= 11 is 0. The van der Waals surface area contributed by atoms with E-state index in [4.69, 9.17) is 0 Å². The summed E-state index contributed by atoms with van der Waals surface area (Å²) in [6.45, 7) is 2.16. The zero-order valence-corrected chi connectivity index (χ0v) is 14.7. The molecule has 1 aromatic carbocycles. The molecule has 0 radical (unpaired) electrons. The number of sulfonamides is 1. The van der Waals surface area contributed by atoms with Crippen LogP contribution in [0.2, 0.25) is 0 Å². The lowest BCUT2D eigenvalue weighted by atomic mass is 9.81. The molecule has 136 valence electrons. The first-order chi connectivity index (χ1) is 11.9. The Morgan fingerprint density at radius 2 is 1.80 bits per heavy atom. The van der Waals surface area contributed by atoms with Crippen LogP contribution in [0.1, 0.15) is 56.3 Å². The molecule has 0 atom stereocenters. The summed E-state index contributed by atoms with van der Waals surface area (Å²) in [5, 5.41) is 3.79. The highest BCUT2D eigenvalue weighted by atomic mass is 32.2. The molecule has 3 rings (SSSR count). The van der Waals surface area contributed by atoms with Crippen molar-refractivity contribution in [3.63, 3.8) is 0 Å². The maximum atomic E-state index is 13.1. The van der Waals surface area contributed by atoms with Gasteiger partial charge in [0, 0.05) is 5.92 Å². The fourth-order valence-corrected chi connectivity index (χ4v) is 4.20. The minimum Gasteiger partial charge on any atom is -0.203 e. The van der Waals surface area contributed by atoms with E-state index in [1.54, 1.807) is 18.2 Å². The van der Waals surface area contributed by atoms with E-state index in [0.29, 0.717) is 11.6 Å². The molecule has 0 saturated heterocycles. The number of benzene rings is 1. The van der Waals surface area contributed by atoms with Crippen molar-refractivity contribution in [3.05, 3.63) is 47.8 Å². The molecule has 0 aliphatic heterocycles. The third kappa shape index (κ3) is 4.00. The highest BCUT2D eigenvalue weighted by Crippen LogP contribution is 2.36. The Morgan fingerprint density at radius 1 is 1.16 bits per heavy atom. The molecule has 8 heteroatoms.